The molecule has 0 bridgehead atoms. The van der Waals surface area contributed by atoms with Crippen molar-refractivity contribution in [3.63, 3.8) is 0 Å². The number of halogens is 2. The first-order chi connectivity index (χ1) is 17.6. The van der Waals surface area contributed by atoms with E-state index in [0.29, 0.717) is 34.0 Å². The Kier molecular flexibility index (Phi) is 6.28. The topological polar surface area (TPSA) is 91.5 Å². The van der Waals surface area contributed by atoms with Crippen molar-refractivity contribution < 1.29 is 4.39 Å². The Hall–Kier alpha value is -3.70. The van der Waals surface area contributed by atoms with E-state index in [9.17, 15) is 9.65 Å². The Bertz CT molecular complexity index is 1490. The summed E-state index contributed by atoms with van der Waals surface area (Å²) in [5.74, 6) is -0.310. The lowest BCUT2D eigenvalue weighted by Crippen LogP contribution is -2.20. The molecule has 9 heteroatoms. The minimum Gasteiger partial charge on any atom is -0.383 e. The van der Waals surface area contributed by atoms with Crippen molar-refractivity contribution >= 4 is 33.9 Å². The average molecular weight is 518 g/mol. The Morgan fingerprint density at radius 1 is 1.22 bits per heavy atom. The normalized spacial score (nSPS) is 15.3. The number of benzene rings is 2. The zero-order valence-corrected chi connectivity index (χ0v) is 22.1. The van der Waals surface area contributed by atoms with Crippen molar-refractivity contribution in [1.82, 2.24) is 20.0 Å². The summed E-state index contributed by atoms with van der Waals surface area (Å²) in [6.45, 7) is 9.19. The van der Waals surface area contributed by atoms with Gasteiger partial charge in [-0.3, -0.25) is 4.98 Å². The molecule has 2 aromatic carbocycles. The number of nitriles is 1. The molecule has 0 aliphatic heterocycles. The molecule has 2 N–H and O–H groups in total. The van der Waals surface area contributed by atoms with Crippen LogP contribution in [0.15, 0.2) is 48.8 Å². The number of rotatable bonds is 7. The van der Waals surface area contributed by atoms with Crippen LogP contribution in [0.3, 0.4) is 0 Å². The van der Waals surface area contributed by atoms with Gasteiger partial charge in [0.15, 0.2) is 0 Å². The second kappa shape index (κ2) is 9.31. The average Bonchev–Trinajstić information content (AvgIpc) is 3.40. The Morgan fingerprint density at radius 2 is 1.95 bits per heavy atom. The molecule has 5 rings (SSSR count). The smallest absolute Gasteiger partial charge is 0.123 e. The van der Waals surface area contributed by atoms with Gasteiger partial charge in [-0.15, -0.1) is 5.10 Å². The molecule has 0 unspecified atom stereocenters. The maximum Gasteiger partial charge on any atom is 0.123 e. The van der Waals surface area contributed by atoms with Crippen LogP contribution in [-0.4, -0.2) is 26.5 Å². The second-order valence-corrected chi connectivity index (χ2v) is 11.5. The first-order valence-electron chi connectivity index (χ1n) is 12.3. The fourth-order valence-electron chi connectivity index (χ4n) is 4.20. The lowest BCUT2D eigenvalue weighted by molar-refractivity contribution is 0.443. The van der Waals surface area contributed by atoms with Crippen LogP contribution in [0, 0.1) is 22.6 Å². The number of nitrogens with one attached hydrogen (secondary N) is 2. The zero-order valence-electron chi connectivity index (χ0n) is 21.3. The molecule has 1 aliphatic rings. The van der Waals surface area contributed by atoms with E-state index in [1.807, 2.05) is 16.9 Å². The summed E-state index contributed by atoms with van der Waals surface area (Å²) in [6.07, 6.45) is 5.61. The summed E-state index contributed by atoms with van der Waals surface area (Å²) in [5, 5.41) is 26.8. The first-order valence-corrected chi connectivity index (χ1v) is 12.7. The predicted molar refractivity (Wildman–Crippen MR) is 144 cm³/mol. The summed E-state index contributed by atoms with van der Waals surface area (Å²) in [4.78, 5) is 4.45. The van der Waals surface area contributed by atoms with Crippen LogP contribution in [0.25, 0.3) is 10.9 Å². The molecule has 7 nitrogen and oxygen atoms in total. The van der Waals surface area contributed by atoms with E-state index in [2.05, 4.69) is 59.7 Å². The summed E-state index contributed by atoms with van der Waals surface area (Å²) in [6, 6.07) is 11.9. The van der Waals surface area contributed by atoms with Crippen LogP contribution in [0.1, 0.15) is 63.4 Å². The Morgan fingerprint density at radius 3 is 2.59 bits per heavy atom. The van der Waals surface area contributed by atoms with Gasteiger partial charge in [-0.25, -0.2) is 9.07 Å². The molecule has 1 aliphatic carbocycles. The Labute approximate surface area is 220 Å². The van der Waals surface area contributed by atoms with Gasteiger partial charge in [-0.2, -0.15) is 5.26 Å². The largest absolute Gasteiger partial charge is 0.383 e. The number of anilines is 2. The number of nitrogens with zero attached hydrogens (tertiary/aromatic N) is 5. The highest BCUT2D eigenvalue weighted by Gasteiger charge is 2.41. The number of pyridine rings is 1. The number of fused-ring (bicyclic) bond motifs is 1. The van der Waals surface area contributed by atoms with Gasteiger partial charge in [0.25, 0.3) is 0 Å². The maximum atomic E-state index is 13.7. The van der Waals surface area contributed by atoms with E-state index in [-0.39, 0.29) is 16.8 Å². The molecule has 0 amide bonds. The summed E-state index contributed by atoms with van der Waals surface area (Å²) < 4.78 is 15.6. The van der Waals surface area contributed by atoms with Gasteiger partial charge in [-0.1, -0.05) is 49.7 Å². The third-order valence-electron chi connectivity index (χ3n) is 6.69. The van der Waals surface area contributed by atoms with E-state index < -0.39 is 6.04 Å². The van der Waals surface area contributed by atoms with Gasteiger partial charge >= 0.3 is 0 Å². The highest BCUT2D eigenvalue weighted by Crippen LogP contribution is 2.42. The molecule has 0 saturated heterocycles. The molecule has 4 aromatic rings. The van der Waals surface area contributed by atoms with Crippen molar-refractivity contribution in [2.45, 2.75) is 52.1 Å². The van der Waals surface area contributed by atoms with Gasteiger partial charge in [-0.05, 0) is 55.0 Å². The quantitative estimate of drug-likeness (QED) is 0.285. The molecular weight excluding hydrogens is 489 g/mol. The molecule has 190 valence electrons. The van der Waals surface area contributed by atoms with Crippen LogP contribution in [0.5, 0.6) is 0 Å². The molecular formula is C28H29ClFN7. The van der Waals surface area contributed by atoms with Crippen LogP contribution in [0.4, 0.5) is 15.8 Å². The van der Waals surface area contributed by atoms with E-state index in [4.69, 9.17) is 11.6 Å². The lowest BCUT2D eigenvalue weighted by Gasteiger charge is -2.22. The summed E-state index contributed by atoms with van der Waals surface area (Å²) >= 11 is 6.69. The molecule has 1 fully saturated rings. The highest BCUT2D eigenvalue weighted by atomic mass is 35.5. The van der Waals surface area contributed by atoms with E-state index in [0.717, 1.165) is 29.5 Å². The maximum absolute atomic E-state index is 13.7. The molecule has 0 spiro atoms. The number of aromatic nitrogens is 4. The molecule has 0 radical (unpaired) electrons. The number of hydrogen-bond donors (Lipinski definition) is 2. The molecule has 2 heterocycles. The van der Waals surface area contributed by atoms with Crippen LogP contribution < -0.4 is 10.6 Å². The van der Waals surface area contributed by atoms with Gasteiger partial charge in [0.2, 0.25) is 0 Å². The Balaban J connectivity index is 1.58. The lowest BCUT2D eigenvalue weighted by atomic mass is 9.96. The van der Waals surface area contributed by atoms with E-state index in [1.54, 1.807) is 24.4 Å². The monoisotopic (exact) mass is 517 g/mol. The molecule has 1 atom stereocenters. The zero-order chi connectivity index (χ0) is 26.4. The molecule has 37 heavy (non-hydrogen) atoms. The first kappa shape index (κ1) is 25.0. The van der Waals surface area contributed by atoms with Crippen LogP contribution in [-0.2, 0) is 5.54 Å². The number of hydrogen-bond acceptors (Lipinski definition) is 6. The van der Waals surface area contributed by atoms with Crippen LogP contribution >= 0.6 is 11.6 Å². The predicted octanol–water partition coefficient (Wildman–Crippen LogP) is 6.66. The summed E-state index contributed by atoms with van der Waals surface area (Å²) in [5.41, 5.74) is 4.01. The second-order valence-electron chi connectivity index (χ2n) is 11.1. The van der Waals surface area contributed by atoms with Gasteiger partial charge in [0.05, 0.1) is 39.6 Å². The van der Waals surface area contributed by atoms with Crippen molar-refractivity contribution in [3.8, 4) is 6.07 Å². The van der Waals surface area contributed by atoms with E-state index >= 15 is 0 Å². The van der Waals surface area contributed by atoms with Crippen molar-refractivity contribution in [1.29, 1.82) is 5.26 Å². The van der Waals surface area contributed by atoms with E-state index in [1.165, 1.54) is 12.1 Å². The molecule has 2 aromatic heterocycles. The SMILES string of the molecule is CC(C)(C)CNc1c(C#N)cnc2c(Cl)cc(N[C@@H](c3ccc(F)cc3)c3cn(C4(C)CC4)nn3)cc12. The highest BCUT2D eigenvalue weighted by molar-refractivity contribution is 6.35. The summed E-state index contributed by atoms with van der Waals surface area (Å²) in [7, 11) is 0. The minimum atomic E-state index is -0.400. The van der Waals surface area contributed by atoms with Gasteiger partial charge < -0.3 is 10.6 Å². The third kappa shape index (κ3) is 5.23. The fourth-order valence-corrected chi connectivity index (χ4v) is 4.47. The van der Waals surface area contributed by atoms with Crippen LogP contribution in [0.2, 0.25) is 5.02 Å². The minimum absolute atomic E-state index is 0.000321. The fraction of sp³-hybridized carbons (Fsp3) is 0.357. The van der Waals surface area contributed by atoms with Gasteiger partial charge in [0, 0.05) is 23.8 Å². The van der Waals surface area contributed by atoms with Crippen molar-refractivity contribution in [3.05, 3.63) is 76.5 Å². The van der Waals surface area contributed by atoms with Crippen molar-refractivity contribution in [2.24, 2.45) is 5.41 Å². The van der Waals surface area contributed by atoms with Gasteiger partial charge in [0.1, 0.15) is 17.6 Å². The van der Waals surface area contributed by atoms with Crippen molar-refractivity contribution in [2.75, 3.05) is 17.2 Å². The standard InChI is InChI=1S/C28H29ClFN7/c1-27(2,3)16-33-24-18(13-31)14-32-26-21(24)11-20(12-22(26)29)34-25(17-5-7-19(30)8-6-17)23-15-37(36-35-23)28(4)9-10-28/h5-8,11-12,14-15,25,34H,9-10,16H2,1-4H3,(H,32,33)/t25-/m0/s1. The third-order valence-corrected chi connectivity index (χ3v) is 6.98. The molecule has 1 saturated carbocycles.